The van der Waals surface area contributed by atoms with Crippen LogP contribution < -0.4 is 5.32 Å². The van der Waals surface area contributed by atoms with Gasteiger partial charge in [-0.15, -0.1) is 10.2 Å². The lowest BCUT2D eigenvalue weighted by molar-refractivity contribution is 0.0944. The molecule has 2 aromatic rings. The van der Waals surface area contributed by atoms with Crippen LogP contribution in [0.3, 0.4) is 0 Å². The number of H-pyrrole nitrogens is 1. The summed E-state index contributed by atoms with van der Waals surface area (Å²) in [6.07, 6.45) is 1.61. The van der Waals surface area contributed by atoms with Crippen LogP contribution in [0.4, 0.5) is 0 Å². The predicted octanol–water partition coefficient (Wildman–Crippen LogP) is 0.783. The maximum Gasteiger partial charge on any atom is 0.272 e. The van der Waals surface area contributed by atoms with Crippen LogP contribution in [0.2, 0.25) is 5.15 Å². The number of nitrogens with zero attached hydrogens (tertiary/aromatic N) is 3. The molecule has 2 N–H and O–H groups in total. The first-order chi connectivity index (χ1) is 7.75. The highest BCUT2D eigenvalue weighted by Gasteiger charge is 2.07. The Bertz CT molecular complexity index is 467. The first-order valence-electron chi connectivity index (χ1n) is 4.51. The van der Waals surface area contributed by atoms with Crippen molar-refractivity contribution in [2.24, 2.45) is 0 Å². The fourth-order valence-corrected chi connectivity index (χ4v) is 1.19. The molecule has 2 heterocycles. The Morgan fingerprint density at radius 1 is 1.38 bits per heavy atom. The van der Waals surface area contributed by atoms with E-state index in [0.717, 1.165) is 5.69 Å². The standard InChI is InChI=1S/C9H8ClN5O/c10-8-2-1-7(14-15-8)9(16)11-5-6-3-4-12-13-6/h1-4H,5H2,(H,11,16)(H,12,13). The molecular weight excluding hydrogens is 230 g/mol. The van der Waals surface area contributed by atoms with Gasteiger partial charge < -0.3 is 5.32 Å². The second-order valence-electron chi connectivity index (χ2n) is 3.01. The van der Waals surface area contributed by atoms with Gasteiger partial charge in [-0.2, -0.15) is 5.10 Å². The smallest absolute Gasteiger partial charge is 0.272 e. The molecule has 0 aliphatic heterocycles. The molecule has 7 heteroatoms. The first kappa shape index (κ1) is 10.6. The number of carbonyl (C=O) groups is 1. The SMILES string of the molecule is O=C(NCc1ccn[nH]1)c1ccc(Cl)nn1. The maximum atomic E-state index is 11.6. The van der Waals surface area contributed by atoms with E-state index in [1.807, 2.05) is 0 Å². The topological polar surface area (TPSA) is 83.6 Å². The van der Waals surface area contributed by atoms with Crippen LogP contribution in [0.25, 0.3) is 0 Å². The van der Waals surface area contributed by atoms with Crippen LogP contribution in [-0.4, -0.2) is 26.3 Å². The van der Waals surface area contributed by atoms with E-state index >= 15 is 0 Å². The third kappa shape index (κ3) is 2.54. The highest BCUT2D eigenvalue weighted by Crippen LogP contribution is 2.02. The van der Waals surface area contributed by atoms with E-state index in [4.69, 9.17) is 11.6 Å². The van der Waals surface area contributed by atoms with E-state index in [1.165, 1.54) is 12.1 Å². The second kappa shape index (κ2) is 4.71. The Hall–Kier alpha value is -1.95. The first-order valence-corrected chi connectivity index (χ1v) is 4.89. The Morgan fingerprint density at radius 3 is 2.88 bits per heavy atom. The molecule has 0 spiro atoms. The minimum absolute atomic E-state index is 0.226. The molecule has 0 saturated heterocycles. The number of aromatic amines is 1. The molecule has 82 valence electrons. The lowest BCUT2D eigenvalue weighted by Gasteiger charge is -2.01. The predicted molar refractivity (Wildman–Crippen MR) is 56.8 cm³/mol. The summed E-state index contributed by atoms with van der Waals surface area (Å²) in [4.78, 5) is 11.6. The molecule has 2 aromatic heterocycles. The minimum atomic E-state index is -0.307. The Balaban J connectivity index is 1.95. The zero-order valence-electron chi connectivity index (χ0n) is 8.14. The summed E-state index contributed by atoms with van der Waals surface area (Å²) in [7, 11) is 0. The highest BCUT2D eigenvalue weighted by atomic mass is 35.5. The summed E-state index contributed by atoms with van der Waals surface area (Å²) in [6, 6.07) is 4.80. The van der Waals surface area contributed by atoms with Gasteiger partial charge in [-0.05, 0) is 18.2 Å². The van der Waals surface area contributed by atoms with E-state index in [0.29, 0.717) is 6.54 Å². The van der Waals surface area contributed by atoms with Gasteiger partial charge in [-0.25, -0.2) is 0 Å². The van der Waals surface area contributed by atoms with Crippen LogP contribution in [0.5, 0.6) is 0 Å². The van der Waals surface area contributed by atoms with E-state index in [1.54, 1.807) is 12.3 Å². The van der Waals surface area contributed by atoms with Gasteiger partial charge in [-0.1, -0.05) is 11.6 Å². The van der Waals surface area contributed by atoms with Gasteiger partial charge in [0.25, 0.3) is 5.91 Å². The number of halogens is 1. The summed E-state index contributed by atoms with van der Waals surface area (Å²) in [5.41, 5.74) is 1.04. The second-order valence-corrected chi connectivity index (χ2v) is 3.39. The zero-order valence-corrected chi connectivity index (χ0v) is 8.90. The summed E-state index contributed by atoms with van der Waals surface area (Å²) in [5, 5.41) is 16.7. The lowest BCUT2D eigenvalue weighted by Crippen LogP contribution is -2.24. The van der Waals surface area contributed by atoms with Crippen LogP contribution in [0.1, 0.15) is 16.2 Å². The molecule has 0 saturated carbocycles. The van der Waals surface area contributed by atoms with Crippen molar-refractivity contribution in [3.8, 4) is 0 Å². The van der Waals surface area contributed by atoms with Gasteiger partial charge in [0.2, 0.25) is 0 Å². The molecule has 1 amide bonds. The fourth-order valence-electron chi connectivity index (χ4n) is 1.09. The summed E-state index contributed by atoms with van der Waals surface area (Å²) < 4.78 is 0. The van der Waals surface area contributed by atoms with E-state index in [2.05, 4.69) is 25.7 Å². The molecule has 16 heavy (non-hydrogen) atoms. The van der Waals surface area contributed by atoms with Crippen molar-refractivity contribution in [2.75, 3.05) is 0 Å². The van der Waals surface area contributed by atoms with Crippen molar-refractivity contribution in [1.82, 2.24) is 25.7 Å². The van der Waals surface area contributed by atoms with Crippen LogP contribution in [0.15, 0.2) is 24.4 Å². The van der Waals surface area contributed by atoms with Gasteiger partial charge in [0, 0.05) is 6.20 Å². The molecule has 0 radical (unpaired) electrons. The summed E-state index contributed by atoms with van der Waals surface area (Å²) in [6.45, 7) is 0.364. The third-order valence-corrected chi connectivity index (χ3v) is 2.06. The fraction of sp³-hybridized carbons (Fsp3) is 0.111. The van der Waals surface area contributed by atoms with Crippen molar-refractivity contribution in [1.29, 1.82) is 0 Å². The number of aromatic nitrogens is 4. The maximum absolute atomic E-state index is 11.6. The zero-order chi connectivity index (χ0) is 11.4. The molecule has 0 atom stereocenters. The van der Waals surface area contributed by atoms with Crippen LogP contribution in [0, 0.1) is 0 Å². The number of nitrogens with one attached hydrogen (secondary N) is 2. The van der Waals surface area contributed by atoms with Crippen LogP contribution >= 0.6 is 11.6 Å². The van der Waals surface area contributed by atoms with Gasteiger partial charge in [0.1, 0.15) is 0 Å². The third-order valence-electron chi connectivity index (χ3n) is 1.86. The normalized spacial score (nSPS) is 10.1. The Morgan fingerprint density at radius 2 is 2.25 bits per heavy atom. The average Bonchev–Trinajstić information content (AvgIpc) is 2.80. The molecule has 0 bridgehead atoms. The largest absolute Gasteiger partial charge is 0.345 e. The number of carbonyl (C=O) groups excluding carboxylic acids is 1. The van der Waals surface area contributed by atoms with E-state index < -0.39 is 0 Å². The molecule has 0 aromatic carbocycles. The Labute approximate surface area is 96.0 Å². The molecule has 6 nitrogen and oxygen atoms in total. The number of amides is 1. The average molecular weight is 238 g/mol. The summed E-state index contributed by atoms with van der Waals surface area (Å²) >= 11 is 5.56. The molecule has 0 unspecified atom stereocenters. The van der Waals surface area contributed by atoms with Gasteiger partial charge >= 0.3 is 0 Å². The van der Waals surface area contributed by atoms with E-state index in [-0.39, 0.29) is 16.8 Å². The Kier molecular flexibility index (Phi) is 3.11. The molecular formula is C9H8ClN5O. The van der Waals surface area contributed by atoms with Crippen LogP contribution in [-0.2, 0) is 6.54 Å². The van der Waals surface area contributed by atoms with Crippen molar-refractivity contribution in [3.63, 3.8) is 0 Å². The van der Waals surface area contributed by atoms with Gasteiger partial charge in [-0.3, -0.25) is 9.89 Å². The molecule has 0 aliphatic rings. The van der Waals surface area contributed by atoms with Crippen molar-refractivity contribution in [3.05, 3.63) is 40.9 Å². The van der Waals surface area contributed by atoms with Crippen molar-refractivity contribution >= 4 is 17.5 Å². The lowest BCUT2D eigenvalue weighted by atomic mass is 10.3. The van der Waals surface area contributed by atoms with Gasteiger partial charge in [0.05, 0.1) is 12.2 Å². The molecule has 2 rings (SSSR count). The van der Waals surface area contributed by atoms with Crippen molar-refractivity contribution < 1.29 is 4.79 Å². The van der Waals surface area contributed by atoms with Crippen molar-refractivity contribution in [2.45, 2.75) is 6.54 Å². The summed E-state index contributed by atoms with van der Waals surface area (Å²) in [5.74, 6) is -0.307. The highest BCUT2D eigenvalue weighted by molar-refractivity contribution is 6.29. The monoisotopic (exact) mass is 237 g/mol. The quantitative estimate of drug-likeness (QED) is 0.827. The molecule has 0 fully saturated rings. The minimum Gasteiger partial charge on any atom is -0.345 e. The number of rotatable bonds is 3. The van der Waals surface area contributed by atoms with Gasteiger partial charge in [0.15, 0.2) is 10.8 Å². The molecule has 0 aliphatic carbocycles. The number of hydrogen-bond acceptors (Lipinski definition) is 4. The number of hydrogen-bond donors (Lipinski definition) is 2. The van der Waals surface area contributed by atoms with E-state index in [9.17, 15) is 4.79 Å².